The van der Waals surface area contributed by atoms with Crippen LogP contribution in [-0.4, -0.2) is 18.2 Å². The summed E-state index contributed by atoms with van der Waals surface area (Å²) in [5.41, 5.74) is 4.33. The highest BCUT2D eigenvalue weighted by Crippen LogP contribution is 2.15. The molecule has 0 spiro atoms. The van der Waals surface area contributed by atoms with Crippen LogP contribution in [0.4, 0.5) is 0 Å². The molecule has 1 aliphatic carbocycles. The number of benzene rings is 1. The zero-order chi connectivity index (χ0) is 15.1. The second-order valence-corrected chi connectivity index (χ2v) is 5.88. The van der Waals surface area contributed by atoms with Crippen LogP contribution in [0.5, 0.6) is 5.75 Å². The van der Waals surface area contributed by atoms with E-state index in [0.717, 1.165) is 30.7 Å². The zero-order valence-electron chi connectivity index (χ0n) is 12.9. The molecule has 4 nitrogen and oxygen atoms in total. The van der Waals surface area contributed by atoms with Crippen LogP contribution >= 0.6 is 0 Å². The molecular formula is C17H24N2O2. The van der Waals surface area contributed by atoms with E-state index in [1.165, 1.54) is 12.8 Å². The number of carbonyl (C=O) groups is 1. The number of carbonyl (C=O) groups excluding carboxylic acids is 1. The molecule has 0 saturated heterocycles. The number of hydrogen-bond donors (Lipinski definition) is 1. The first-order chi connectivity index (χ1) is 10.1. The summed E-state index contributed by atoms with van der Waals surface area (Å²) in [5.74, 6) is 1.27. The van der Waals surface area contributed by atoms with Gasteiger partial charge in [-0.05, 0) is 62.3 Å². The molecule has 1 aromatic carbocycles. The summed E-state index contributed by atoms with van der Waals surface area (Å²) < 4.78 is 5.63. The van der Waals surface area contributed by atoms with Crippen molar-refractivity contribution in [3.05, 3.63) is 29.8 Å². The zero-order valence-corrected chi connectivity index (χ0v) is 12.9. The molecule has 0 radical (unpaired) electrons. The fraction of sp³-hybridized carbons (Fsp3) is 0.529. The molecule has 1 fully saturated rings. The molecule has 2 rings (SSSR count). The van der Waals surface area contributed by atoms with E-state index in [1.54, 1.807) is 12.1 Å². The number of rotatable bonds is 6. The Morgan fingerprint density at radius 3 is 2.52 bits per heavy atom. The maximum absolute atomic E-state index is 12.0. The molecule has 4 heteroatoms. The van der Waals surface area contributed by atoms with E-state index in [1.807, 2.05) is 12.1 Å². The quantitative estimate of drug-likeness (QED) is 0.810. The summed E-state index contributed by atoms with van der Waals surface area (Å²) in [6.45, 7) is 5.04. The Labute approximate surface area is 126 Å². The van der Waals surface area contributed by atoms with Gasteiger partial charge >= 0.3 is 0 Å². The van der Waals surface area contributed by atoms with Gasteiger partial charge in [0.1, 0.15) is 5.75 Å². The lowest BCUT2D eigenvalue weighted by atomic mass is 10.1. The Hall–Kier alpha value is -1.84. The molecule has 1 aliphatic rings. The highest BCUT2D eigenvalue weighted by atomic mass is 16.5. The van der Waals surface area contributed by atoms with E-state index in [-0.39, 0.29) is 5.91 Å². The van der Waals surface area contributed by atoms with Crippen LogP contribution in [-0.2, 0) is 0 Å². The van der Waals surface area contributed by atoms with Gasteiger partial charge in [-0.2, -0.15) is 5.10 Å². The molecule has 0 atom stereocenters. The predicted octanol–water partition coefficient (Wildman–Crippen LogP) is 3.77. The fourth-order valence-corrected chi connectivity index (χ4v) is 2.20. The first-order valence-corrected chi connectivity index (χ1v) is 7.74. The summed E-state index contributed by atoms with van der Waals surface area (Å²) in [7, 11) is 0. The first-order valence-electron chi connectivity index (χ1n) is 7.74. The molecule has 0 aromatic heterocycles. The van der Waals surface area contributed by atoms with Gasteiger partial charge in [-0.3, -0.25) is 4.79 Å². The Bertz CT molecular complexity index is 484. The fourth-order valence-electron chi connectivity index (χ4n) is 2.20. The largest absolute Gasteiger partial charge is 0.494 e. The summed E-state index contributed by atoms with van der Waals surface area (Å²) in [4.78, 5) is 12.0. The Balaban J connectivity index is 1.83. The van der Waals surface area contributed by atoms with Gasteiger partial charge in [-0.25, -0.2) is 5.43 Å². The van der Waals surface area contributed by atoms with Crippen molar-refractivity contribution in [2.75, 3.05) is 6.61 Å². The molecule has 0 unspecified atom stereocenters. The van der Waals surface area contributed by atoms with E-state index in [9.17, 15) is 4.79 Å². The molecule has 1 amide bonds. The predicted molar refractivity (Wildman–Crippen MR) is 84.8 cm³/mol. The number of hydrogen-bond acceptors (Lipinski definition) is 3. The van der Waals surface area contributed by atoms with Crippen molar-refractivity contribution in [1.82, 2.24) is 5.43 Å². The number of nitrogens with zero attached hydrogens (tertiary/aromatic N) is 1. The van der Waals surface area contributed by atoms with Crippen molar-refractivity contribution in [2.24, 2.45) is 11.0 Å². The van der Waals surface area contributed by atoms with Crippen LogP contribution in [0, 0.1) is 5.92 Å². The number of nitrogens with one attached hydrogen (secondary N) is 1. The second-order valence-electron chi connectivity index (χ2n) is 5.88. The van der Waals surface area contributed by atoms with Crippen LogP contribution in [0.1, 0.15) is 56.3 Å². The van der Waals surface area contributed by atoms with Crippen molar-refractivity contribution in [3.63, 3.8) is 0 Å². The molecule has 0 aliphatic heterocycles. The maximum Gasteiger partial charge on any atom is 0.271 e. The molecule has 1 aromatic rings. The maximum atomic E-state index is 12.0. The Morgan fingerprint density at radius 1 is 1.24 bits per heavy atom. The van der Waals surface area contributed by atoms with E-state index in [0.29, 0.717) is 18.1 Å². The summed E-state index contributed by atoms with van der Waals surface area (Å²) in [6, 6.07) is 7.21. The summed E-state index contributed by atoms with van der Waals surface area (Å²) in [5, 5.41) is 4.18. The molecule has 0 bridgehead atoms. The third-order valence-corrected chi connectivity index (χ3v) is 3.58. The van der Waals surface area contributed by atoms with Crippen molar-refractivity contribution < 1.29 is 9.53 Å². The highest BCUT2D eigenvalue weighted by Gasteiger charge is 2.10. The van der Waals surface area contributed by atoms with Gasteiger partial charge < -0.3 is 4.74 Å². The van der Waals surface area contributed by atoms with Gasteiger partial charge in [-0.15, -0.1) is 0 Å². The Morgan fingerprint density at radius 2 is 1.90 bits per heavy atom. The summed E-state index contributed by atoms with van der Waals surface area (Å²) in [6.07, 6.45) is 5.39. The van der Waals surface area contributed by atoms with Crippen LogP contribution < -0.4 is 10.2 Å². The summed E-state index contributed by atoms with van der Waals surface area (Å²) >= 11 is 0. The monoisotopic (exact) mass is 288 g/mol. The van der Waals surface area contributed by atoms with Crippen LogP contribution in [0.15, 0.2) is 29.4 Å². The third kappa shape index (κ3) is 5.21. The van der Waals surface area contributed by atoms with Crippen molar-refractivity contribution in [1.29, 1.82) is 0 Å². The van der Waals surface area contributed by atoms with Crippen molar-refractivity contribution >= 4 is 11.6 Å². The topological polar surface area (TPSA) is 50.7 Å². The lowest BCUT2D eigenvalue weighted by molar-refractivity contribution is 0.0954. The molecule has 21 heavy (non-hydrogen) atoms. The van der Waals surface area contributed by atoms with Gasteiger partial charge in [0.05, 0.1) is 6.61 Å². The lowest BCUT2D eigenvalue weighted by Crippen LogP contribution is -2.18. The van der Waals surface area contributed by atoms with Crippen LogP contribution in [0.2, 0.25) is 0 Å². The van der Waals surface area contributed by atoms with Gasteiger partial charge in [0, 0.05) is 11.3 Å². The highest BCUT2D eigenvalue weighted by molar-refractivity contribution is 5.95. The van der Waals surface area contributed by atoms with Crippen molar-refractivity contribution in [2.45, 2.75) is 46.0 Å². The van der Waals surface area contributed by atoms with E-state index in [2.05, 4.69) is 24.4 Å². The molecule has 0 heterocycles. The minimum absolute atomic E-state index is 0.164. The Kier molecular flexibility index (Phi) is 5.78. The SMILES string of the molecule is CC(C)CCOc1ccc(C(=O)NN=C2CCCC2)cc1. The average Bonchev–Trinajstić information content (AvgIpc) is 2.98. The van der Waals surface area contributed by atoms with Gasteiger partial charge in [0.15, 0.2) is 0 Å². The first kappa shape index (κ1) is 15.5. The van der Waals surface area contributed by atoms with E-state index in [4.69, 9.17) is 4.74 Å². The third-order valence-electron chi connectivity index (χ3n) is 3.58. The number of amides is 1. The average molecular weight is 288 g/mol. The van der Waals surface area contributed by atoms with Crippen LogP contribution in [0.25, 0.3) is 0 Å². The molecule has 114 valence electrons. The van der Waals surface area contributed by atoms with E-state index >= 15 is 0 Å². The normalized spacial score (nSPS) is 14.3. The molecule has 1 saturated carbocycles. The van der Waals surface area contributed by atoms with Gasteiger partial charge in [-0.1, -0.05) is 13.8 Å². The van der Waals surface area contributed by atoms with Gasteiger partial charge in [0.25, 0.3) is 5.91 Å². The number of ether oxygens (including phenoxy) is 1. The lowest BCUT2D eigenvalue weighted by Gasteiger charge is -2.08. The number of hydrazone groups is 1. The minimum atomic E-state index is -0.164. The molecular weight excluding hydrogens is 264 g/mol. The van der Waals surface area contributed by atoms with E-state index < -0.39 is 0 Å². The molecule has 1 N–H and O–H groups in total. The van der Waals surface area contributed by atoms with Crippen LogP contribution in [0.3, 0.4) is 0 Å². The smallest absolute Gasteiger partial charge is 0.271 e. The second kappa shape index (κ2) is 7.81. The standard InChI is InChI=1S/C17H24N2O2/c1-13(2)11-12-21-16-9-7-14(8-10-16)17(20)19-18-15-5-3-4-6-15/h7-10,13H,3-6,11-12H2,1-2H3,(H,19,20). The van der Waals surface area contributed by atoms with Gasteiger partial charge in [0.2, 0.25) is 0 Å². The van der Waals surface area contributed by atoms with Crippen molar-refractivity contribution in [3.8, 4) is 5.75 Å². The minimum Gasteiger partial charge on any atom is -0.494 e.